The molecule has 2 aromatic rings. The van der Waals surface area contributed by atoms with Gasteiger partial charge in [-0.2, -0.15) is 5.10 Å². The molecule has 2 heterocycles. The standard InChI is InChI=1S/C9H10ClN3/c1-2-7-5-11-9-3-8(4-10)12-13(9)6-7/h3,5-6H,2,4H2,1H3. The molecule has 0 aliphatic heterocycles. The lowest BCUT2D eigenvalue weighted by Crippen LogP contribution is -1.93. The van der Waals surface area contributed by atoms with Gasteiger partial charge in [-0.05, 0) is 12.0 Å². The predicted molar refractivity (Wildman–Crippen MR) is 51.9 cm³/mol. The van der Waals surface area contributed by atoms with Crippen LogP contribution in [0, 0.1) is 0 Å². The van der Waals surface area contributed by atoms with Crippen molar-refractivity contribution in [3.8, 4) is 0 Å². The van der Waals surface area contributed by atoms with Crippen LogP contribution in [0.2, 0.25) is 0 Å². The number of hydrogen-bond donors (Lipinski definition) is 0. The van der Waals surface area contributed by atoms with Gasteiger partial charge in [-0.25, -0.2) is 9.50 Å². The van der Waals surface area contributed by atoms with E-state index in [2.05, 4.69) is 17.0 Å². The molecule has 0 radical (unpaired) electrons. The molecule has 0 bridgehead atoms. The summed E-state index contributed by atoms with van der Waals surface area (Å²) < 4.78 is 1.77. The van der Waals surface area contributed by atoms with Gasteiger partial charge in [-0.15, -0.1) is 11.6 Å². The van der Waals surface area contributed by atoms with E-state index in [1.165, 1.54) is 5.56 Å². The quantitative estimate of drug-likeness (QED) is 0.687. The largest absolute Gasteiger partial charge is 0.237 e. The van der Waals surface area contributed by atoms with Crippen molar-refractivity contribution in [2.75, 3.05) is 0 Å². The Hall–Kier alpha value is -1.09. The maximum atomic E-state index is 5.67. The molecule has 0 atom stereocenters. The molecule has 0 unspecified atom stereocenters. The van der Waals surface area contributed by atoms with Crippen LogP contribution < -0.4 is 0 Å². The fourth-order valence-corrected chi connectivity index (χ4v) is 1.34. The number of rotatable bonds is 2. The molecular formula is C9H10ClN3. The van der Waals surface area contributed by atoms with Crippen molar-refractivity contribution in [2.45, 2.75) is 19.2 Å². The fraction of sp³-hybridized carbons (Fsp3) is 0.333. The second kappa shape index (κ2) is 3.34. The molecule has 0 saturated carbocycles. The van der Waals surface area contributed by atoms with Crippen molar-refractivity contribution in [3.63, 3.8) is 0 Å². The Balaban J connectivity index is 2.57. The van der Waals surface area contributed by atoms with E-state index in [9.17, 15) is 0 Å². The number of aromatic nitrogens is 3. The zero-order valence-corrected chi connectivity index (χ0v) is 8.12. The Bertz CT molecular complexity index is 420. The number of aryl methyl sites for hydroxylation is 1. The van der Waals surface area contributed by atoms with E-state index in [1.807, 2.05) is 18.5 Å². The minimum atomic E-state index is 0.435. The Labute approximate surface area is 81.4 Å². The lowest BCUT2D eigenvalue weighted by Gasteiger charge is -1.95. The number of halogens is 1. The molecule has 4 heteroatoms. The number of hydrogen-bond acceptors (Lipinski definition) is 2. The lowest BCUT2D eigenvalue weighted by atomic mass is 10.3. The highest BCUT2D eigenvalue weighted by molar-refractivity contribution is 6.16. The number of alkyl halides is 1. The van der Waals surface area contributed by atoms with Gasteiger partial charge in [0.25, 0.3) is 0 Å². The van der Waals surface area contributed by atoms with Gasteiger partial charge in [0.05, 0.1) is 11.6 Å². The minimum Gasteiger partial charge on any atom is -0.237 e. The van der Waals surface area contributed by atoms with Gasteiger partial charge in [-0.1, -0.05) is 6.92 Å². The SMILES string of the molecule is CCc1cnc2cc(CCl)nn2c1. The summed E-state index contributed by atoms with van der Waals surface area (Å²) in [6.07, 6.45) is 4.83. The first-order valence-electron chi connectivity index (χ1n) is 4.22. The highest BCUT2D eigenvalue weighted by atomic mass is 35.5. The monoisotopic (exact) mass is 195 g/mol. The van der Waals surface area contributed by atoms with Crippen LogP contribution >= 0.6 is 11.6 Å². The highest BCUT2D eigenvalue weighted by Crippen LogP contribution is 2.07. The van der Waals surface area contributed by atoms with Crippen molar-refractivity contribution in [1.82, 2.24) is 14.6 Å². The van der Waals surface area contributed by atoms with Crippen molar-refractivity contribution in [3.05, 3.63) is 29.7 Å². The van der Waals surface area contributed by atoms with E-state index in [0.29, 0.717) is 5.88 Å². The second-order valence-corrected chi connectivity index (χ2v) is 3.16. The third-order valence-electron chi connectivity index (χ3n) is 1.96. The molecule has 0 saturated heterocycles. The van der Waals surface area contributed by atoms with E-state index >= 15 is 0 Å². The van der Waals surface area contributed by atoms with Gasteiger partial charge in [0.1, 0.15) is 0 Å². The third-order valence-corrected chi connectivity index (χ3v) is 2.24. The summed E-state index contributed by atoms with van der Waals surface area (Å²) >= 11 is 5.67. The maximum absolute atomic E-state index is 5.67. The van der Waals surface area contributed by atoms with Gasteiger partial charge < -0.3 is 0 Å². The van der Waals surface area contributed by atoms with Gasteiger partial charge >= 0.3 is 0 Å². The first-order valence-corrected chi connectivity index (χ1v) is 4.76. The molecule has 0 aliphatic rings. The Morgan fingerprint density at radius 1 is 1.54 bits per heavy atom. The number of nitrogens with zero attached hydrogens (tertiary/aromatic N) is 3. The highest BCUT2D eigenvalue weighted by Gasteiger charge is 2.01. The zero-order valence-electron chi connectivity index (χ0n) is 7.37. The second-order valence-electron chi connectivity index (χ2n) is 2.89. The molecule has 0 N–H and O–H groups in total. The van der Waals surface area contributed by atoms with Gasteiger partial charge in [0.15, 0.2) is 5.65 Å². The average Bonchev–Trinajstić information content (AvgIpc) is 2.58. The molecule has 3 nitrogen and oxygen atoms in total. The molecule has 68 valence electrons. The first kappa shape index (κ1) is 8.51. The predicted octanol–water partition coefficient (Wildman–Crippen LogP) is 2.03. The zero-order chi connectivity index (χ0) is 9.26. The van der Waals surface area contributed by atoms with Crippen molar-refractivity contribution < 1.29 is 0 Å². The molecule has 13 heavy (non-hydrogen) atoms. The Morgan fingerprint density at radius 2 is 2.38 bits per heavy atom. The summed E-state index contributed by atoms with van der Waals surface area (Å²) in [5.74, 6) is 0.435. The summed E-state index contributed by atoms with van der Waals surface area (Å²) in [4.78, 5) is 4.26. The average molecular weight is 196 g/mol. The van der Waals surface area contributed by atoms with Crippen LogP contribution in [0.4, 0.5) is 0 Å². The van der Waals surface area contributed by atoms with Crippen molar-refractivity contribution in [1.29, 1.82) is 0 Å². The molecule has 0 fully saturated rings. The van der Waals surface area contributed by atoms with Crippen LogP contribution in [0.3, 0.4) is 0 Å². The smallest absolute Gasteiger partial charge is 0.155 e. The van der Waals surface area contributed by atoms with Gasteiger partial charge in [0.2, 0.25) is 0 Å². The fourth-order valence-electron chi connectivity index (χ4n) is 1.21. The topological polar surface area (TPSA) is 30.2 Å². The molecule has 0 spiro atoms. The summed E-state index contributed by atoms with van der Waals surface area (Å²) in [5, 5.41) is 4.26. The van der Waals surface area contributed by atoms with Crippen LogP contribution in [0.15, 0.2) is 18.5 Å². The molecule has 0 aliphatic carbocycles. The van der Waals surface area contributed by atoms with E-state index in [1.54, 1.807) is 4.52 Å². The molecule has 0 amide bonds. The lowest BCUT2D eigenvalue weighted by molar-refractivity contribution is 0.889. The Morgan fingerprint density at radius 3 is 3.08 bits per heavy atom. The molecule has 2 rings (SSSR count). The summed E-state index contributed by atoms with van der Waals surface area (Å²) in [6, 6.07) is 1.90. The van der Waals surface area contributed by atoms with Gasteiger partial charge in [-0.3, -0.25) is 0 Å². The van der Waals surface area contributed by atoms with Crippen LogP contribution in [-0.2, 0) is 12.3 Å². The van der Waals surface area contributed by atoms with Crippen LogP contribution in [-0.4, -0.2) is 14.6 Å². The summed E-state index contributed by atoms with van der Waals surface area (Å²) in [7, 11) is 0. The molecule has 2 aromatic heterocycles. The maximum Gasteiger partial charge on any atom is 0.155 e. The van der Waals surface area contributed by atoms with E-state index in [0.717, 1.165) is 17.8 Å². The van der Waals surface area contributed by atoms with Crippen LogP contribution in [0.1, 0.15) is 18.2 Å². The number of fused-ring (bicyclic) bond motifs is 1. The molecular weight excluding hydrogens is 186 g/mol. The van der Waals surface area contributed by atoms with E-state index < -0.39 is 0 Å². The van der Waals surface area contributed by atoms with Gasteiger partial charge in [0, 0.05) is 18.5 Å². The van der Waals surface area contributed by atoms with E-state index in [4.69, 9.17) is 11.6 Å². The summed E-state index contributed by atoms with van der Waals surface area (Å²) in [6.45, 7) is 2.09. The Kier molecular flexibility index (Phi) is 2.19. The first-order chi connectivity index (χ1) is 6.33. The van der Waals surface area contributed by atoms with E-state index in [-0.39, 0.29) is 0 Å². The van der Waals surface area contributed by atoms with Crippen LogP contribution in [0.25, 0.3) is 5.65 Å². The minimum absolute atomic E-state index is 0.435. The third kappa shape index (κ3) is 1.52. The summed E-state index contributed by atoms with van der Waals surface area (Å²) in [5.41, 5.74) is 2.90. The molecule has 0 aromatic carbocycles. The normalized spacial score (nSPS) is 10.9. The van der Waals surface area contributed by atoms with Crippen molar-refractivity contribution >= 4 is 17.2 Å². The van der Waals surface area contributed by atoms with Crippen LogP contribution in [0.5, 0.6) is 0 Å². The van der Waals surface area contributed by atoms with Crippen molar-refractivity contribution in [2.24, 2.45) is 0 Å².